The summed E-state index contributed by atoms with van der Waals surface area (Å²) in [5, 5.41) is 2.85. The van der Waals surface area contributed by atoms with Crippen molar-refractivity contribution in [2.45, 2.75) is 33.4 Å². The first-order chi connectivity index (χ1) is 12.7. The highest BCUT2D eigenvalue weighted by atomic mass is 16.5. The molecule has 0 aliphatic heterocycles. The van der Waals surface area contributed by atoms with Crippen molar-refractivity contribution in [1.82, 2.24) is 5.32 Å². The zero-order valence-electron chi connectivity index (χ0n) is 15.5. The number of hydrogen-bond acceptors (Lipinski definition) is 4. The van der Waals surface area contributed by atoms with Gasteiger partial charge in [0.1, 0.15) is 11.5 Å². The fourth-order valence-corrected chi connectivity index (χ4v) is 2.23. The van der Waals surface area contributed by atoms with E-state index in [9.17, 15) is 4.79 Å². The maximum atomic E-state index is 11.9. The van der Waals surface area contributed by atoms with Gasteiger partial charge in [-0.3, -0.25) is 4.79 Å². The Hall–Kier alpha value is -2.53. The number of nitrogens with one attached hydrogen (secondary N) is 1. The molecule has 5 nitrogen and oxygen atoms in total. The number of benzene rings is 2. The zero-order chi connectivity index (χ0) is 18.6. The van der Waals surface area contributed by atoms with Gasteiger partial charge in [-0.25, -0.2) is 0 Å². The maximum absolute atomic E-state index is 11.9. The summed E-state index contributed by atoms with van der Waals surface area (Å²) in [6.45, 7) is 6.49. The number of amides is 1. The van der Waals surface area contributed by atoms with E-state index in [-0.39, 0.29) is 12.5 Å². The average Bonchev–Trinajstić information content (AvgIpc) is 2.69. The topological polar surface area (TPSA) is 56.8 Å². The first kappa shape index (κ1) is 19.8. The van der Waals surface area contributed by atoms with Crippen molar-refractivity contribution in [1.29, 1.82) is 0 Å². The Morgan fingerprint density at radius 3 is 2.12 bits per heavy atom. The fourth-order valence-electron chi connectivity index (χ4n) is 2.23. The molecule has 0 fully saturated rings. The predicted octanol–water partition coefficient (Wildman–Crippen LogP) is 3.71. The van der Waals surface area contributed by atoms with Crippen LogP contribution < -0.4 is 14.8 Å². The van der Waals surface area contributed by atoms with E-state index in [1.165, 1.54) is 0 Å². The summed E-state index contributed by atoms with van der Waals surface area (Å²) in [6, 6.07) is 15.3. The highest BCUT2D eigenvalue weighted by molar-refractivity contribution is 5.77. The third-order valence-corrected chi connectivity index (χ3v) is 3.65. The van der Waals surface area contributed by atoms with Crippen LogP contribution in [0.25, 0.3) is 0 Å². The van der Waals surface area contributed by atoms with Gasteiger partial charge in [0.05, 0.1) is 13.2 Å². The fraction of sp³-hybridized carbons (Fsp3) is 0.381. The first-order valence-electron chi connectivity index (χ1n) is 8.99. The van der Waals surface area contributed by atoms with Crippen molar-refractivity contribution in [3.05, 3.63) is 59.7 Å². The van der Waals surface area contributed by atoms with Crippen LogP contribution in [-0.4, -0.2) is 25.7 Å². The zero-order valence-corrected chi connectivity index (χ0v) is 15.5. The van der Waals surface area contributed by atoms with Crippen molar-refractivity contribution in [2.75, 3.05) is 19.8 Å². The molecule has 5 heteroatoms. The minimum Gasteiger partial charge on any atom is -0.494 e. The Bertz CT molecular complexity index is 595. The quantitative estimate of drug-likeness (QED) is 0.666. The second-order valence-electron chi connectivity index (χ2n) is 5.84. The Morgan fingerprint density at radius 2 is 1.50 bits per heavy atom. The molecule has 0 aliphatic carbocycles. The monoisotopic (exact) mass is 357 g/mol. The Labute approximate surface area is 155 Å². The molecule has 0 unspecified atom stereocenters. The van der Waals surface area contributed by atoms with Crippen LogP contribution >= 0.6 is 0 Å². The van der Waals surface area contributed by atoms with E-state index in [0.29, 0.717) is 32.1 Å². The minimum atomic E-state index is -0.158. The molecule has 0 heterocycles. The van der Waals surface area contributed by atoms with Crippen LogP contribution in [-0.2, 0) is 22.7 Å². The lowest BCUT2D eigenvalue weighted by molar-refractivity contribution is -0.123. The highest BCUT2D eigenvalue weighted by Gasteiger charge is 2.04. The first-order valence-corrected chi connectivity index (χ1v) is 8.99. The lowest BCUT2D eigenvalue weighted by Crippen LogP contribution is -2.28. The van der Waals surface area contributed by atoms with Gasteiger partial charge in [0.2, 0.25) is 0 Å². The summed E-state index contributed by atoms with van der Waals surface area (Å²) in [5.74, 6) is 1.29. The van der Waals surface area contributed by atoms with Crippen LogP contribution in [0.1, 0.15) is 31.4 Å². The van der Waals surface area contributed by atoms with Crippen LogP contribution in [0.2, 0.25) is 0 Å². The van der Waals surface area contributed by atoms with E-state index < -0.39 is 0 Å². The molecular weight excluding hydrogens is 330 g/mol. The summed E-state index contributed by atoms with van der Waals surface area (Å²) in [6.07, 6.45) is 0.966. The molecule has 140 valence electrons. The SMILES string of the molecule is CCCOc1ccc(OCC(=O)NCc2ccc(COCC)cc2)cc1. The molecule has 26 heavy (non-hydrogen) atoms. The molecular formula is C21H27NO4. The van der Waals surface area contributed by atoms with Crippen molar-refractivity contribution in [3.8, 4) is 11.5 Å². The van der Waals surface area contributed by atoms with Gasteiger partial charge >= 0.3 is 0 Å². The average molecular weight is 357 g/mol. The van der Waals surface area contributed by atoms with Gasteiger partial charge in [0.15, 0.2) is 6.61 Å². The van der Waals surface area contributed by atoms with Crippen LogP contribution in [0, 0.1) is 0 Å². The highest BCUT2D eigenvalue weighted by Crippen LogP contribution is 2.17. The van der Waals surface area contributed by atoms with E-state index in [4.69, 9.17) is 14.2 Å². The molecule has 0 radical (unpaired) electrons. The third-order valence-electron chi connectivity index (χ3n) is 3.65. The van der Waals surface area contributed by atoms with E-state index in [2.05, 4.69) is 12.2 Å². The summed E-state index contributed by atoms with van der Waals surface area (Å²) >= 11 is 0. The number of rotatable bonds is 11. The van der Waals surface area contributed by atoms with Crippen LogP contribution in [0.3, 0.4) is 0 Å². The molecule has 2 aromatic rings. The molecule has 0 atom stereocenters. The number of hydrogen-bond donors (Lipinski definition) is 1. The van der Waals surface area contributed by atoms with Gasteiger partial charge in [-0.1, -0.05) is 31.2 Å². The molecule has 0 saturated heterocycles. The molecule has 0 aromatic heterocycles. The summed E-state index contributed by atoms with van der Waals surface area (Å²) < 4.78 is 16.4. The molecule has 0 bridgehead atoms. The second-order valence-corrected chi connectivity index (χ2v) is 5.84. The van der Waals surface area contributed by atoms with Gasteiger partial charge in [0, 0.05) is 13.2 Å². The van der Waals surface area contributed by atoms with Crippen LogP contribution in [0.4, 0.5) is 0 Å². The number of ether oxygens (including phenoxy) is 3. The summed E-state index contributed by atoms with van der Waals surface area (Å²) in [5.41, 5.74) is 2.16. The molecule has 2 rings (SSSR count). The molecule has 2 aromatic carbocycles. The van der Waals surface area contributed by atoms with E-state index in [1.54, 1.807) is 12.1 Å². The van der Waals surface area contributed by atoms with Crippen molar-refractivity contribution in [3.63, 3.8) is 0 Å². The molecule has 0 aliphatic rings. The van der Waals surface area contributed by atoms with Crippen molar-refractivity contribution in [2.24, 2.45) is 0 Å². The normalized spacial score (nSPS) is 10.4. The van der Waals surface area contributed by atoms with Crippen molar-refractivity contribution >= 4 is 5.91 Å². The maximum Gasteiger partial charge on any atom is 0.258 e. The smallest absolute Gasteiger partial charge is 0.258 e. The molecule has 1 N–H and O–H groups in total. The van der Waals surface area contributed by atoms with E-state index >= 15 is 0 Å². The third kappa shape index (κ3) is 7.15. The van der Waals surface area contributed by atoms with Gasteiger partial charge in [-0.15, -0.1) is 0 Å². The van der Waals surface area contributed by atoms with E-state index in [0.717, 1.165) is 23.3 Å². The number of carbonyl (C=O) groups is 1. The minimum absolute atomic E-state index is 0.0163. The Kier molecular flexibility index (Phi) is 8.49. The standard InChI is InChI=1S/C21H27NO4/c1-3-13-25-19-9-11-20(12-10-19)26-16-21(23)22-14-17-5-7-18(8-6-17)15-24-4-2/h5-12H,3-4,13-16H2,1-2H3,(H,22,23). The van der Waals surface area contributed by atoms with E-state index in [1.807, 2.05) is 43.3 Å². The van der Waals surface area contributed by atoms with Crippen molar-refractivity contribution < 1.29 is 19.0 Å². The molecule has 0 saturated carbocycles. The van der Waals surface area contributed by atoms with Gasteiger partial charge in [-0.05, 0) is 48.7 Å². The lowest BCUT2D eigenvalue weighted by Gasteiger charge is -2.09. The largest absolute Gasteiger partial charge is 0.494 e. The molecule has 0 spiro atoms. The Morgan fingerprint density at radius 1 is 0.885 bits per heavy atom. The number of carbonyl (C=O) groups excluding carboxylic acids is 1. The van der Waals surface area contributed by atoms with Gasteiger partial charge < -0.3 is 19.5 Å². The van der Waals surface area contributed by atoms with Crippen LogP contribution in [0.15, 0.2) is 48.5 Å². The lowest BCUT2D eigenvalue weighted by atomic mass is 10.1. The molecule has 1 amide bonds. The second kappa shape index (κ2) is 11.2. The van der Waals surface area contributed by atoms with Gasteiger partial charge in [0.25, 0.3) is 5.91 Å². The predicted molar refractivity (Wildman–Crippen MR) is 101 cm³/mol. The summed E-state index contributed by atoms with van der Waals surface area (Å²) in [7, 11) is 0. The Balaban J connectivity index is 1.70. The van der Waals surface area contributed by atoms with Crippen LogP contribution in [0.5, 0.6) is 11.5 Å². The summed E-state index contributed by atoms with van der Waals surface area (Å²) in [4.78, 5) is 11.9. The van der Waals surface area contributed by atoms with Gasteiger partial charge in [-0.2, -0.15) is 0 Å².